The minimum Gasteiger partial charge on any atom is -0.506 e. The zero-order valence-corrected chi connectivity index (χ0v) is 8.24. The summed E-state index contributed by atoms with van der Waals surface area (Å²) in [4.78, 5) is 2.32. The Bertz CT molecular complexity index is 319. The average molecular weight is 192 g/mol. The molecule has 0 bridgehead atoms. The van der Waals surface area contributed by atoms with Crippen LogP contribution >= 0.6 is 0 Å². The van der Waals surface area contributed by atoms with Gasteiger partial charge in [-0.05, 0) is 37.5 Å². The molecule has 76 valence electrons. The smallest absolute Gasteiger partial charge is 0.138 e. The molecule has 1 heterocycles. The first kappa shape index (κ1) is 9.19. The van der Waals surface area contributed by atoms with E-state index < -0.39 is 0 Å². The van der Waals surface area contributed by atoms with Crippen molar-refractivity contribution in [3.8, 4) is 5.75 Å². The minimum atomic E-state index is 0.172. The van der Waals surface area contributed by atoms with Gasteiger partial charge in [-0.2, -0.15) is 0 Å². The highest BCUT2D eigenvalue weighted by molar-refractivity contribution is 5.62. The molecule has 0 unspecified atom stereocenters. The third-order valence-electron chi connectivity index (χ3n) is 2.73. The Morgan fingerprint density at radius 2 is 1.86 bits per heavy atom. The number of benzene rings is 1. The molecule has 14 heavy (non-hydrogen) atoms. The maximum absolute atomic E-state index is 9.30. The average Bonchev–Trinajstić information content (AvgIpc) is 2.23. The van der Waals surface area contributed by atoms with E-state index in [9.17, 15) is 5.11 Å². The lowest BCUT2D eigenvalue weighted by Gasteiger charge is -2.29. The van der Waals surface area contributed by atoms with Gasteiger partial charge >= 0.3 is 0 Å². The molecule has 3 heteroatoms. The van der Waals surface area contributed by atoms with Crippen LogP contribution in [0.2, 0.25) is 0 Å². The molecule has 1 aliphatic rings. The second-order valence-electron chi connectivity index (χ2n) is 3.79. The van der Waals surface area contributed by atoms with Crippen LogP contribution in [0.25, 0.3) is 0 Å². The molecule has 3 nitrogen and oxygen atoms in total. The summed E-state index contributed by atoms with van der Waals surface area (Å²) in [5, 5.41) is 9.30. The van der Waals surface area contributed by atoms with E-state index in [0.717, 1.165) is 18.8 Å². The fourth-order valence-corrected chi connectivity index (χ4v) is 1.89. The first-order chi connectivity index (χ1) is 6.77. The summed E-state index contributed by atoms with van der Waals surface area (Å²) in [5.74, 6) is 0.172. The van der Waals surface area contributed by atoms with Crippen LogP contribution in [0.1, 0.15) is 19.3 Å². The van der Waals surface area contributed by atoms with Crippen LogP contribution in [0, 0.1) is 0 Å². The van der Waals surface area contributed by atoms with Crippen LogP contribution in [0.3, 0.4) is 0 Å². The van der Waals surface area contributed by atoms with Crippen LogP contribution in [0.5, 0.6) is 5.75 Å². The van der Waals surface area contributed by atoms with Gasteiger partial charge in [0.15, 0.2) is 0 Å². The highest BCUT2D eigenvalue weighted by Crippen LogP contribution is 2.27. The summed E-state index contributed by atoms with van der Waals surface area (Å²) in [5.41, 5.74) is 7.24. The molecule has 1 fully saturated rings. The molecule has 2 rings (SSSR count). The lowest BCUT2D eigenvalue weighted by molar-refractivity contribution is 0.478. The predicted molar refractivity (Wildman–Crippen MR) is 58.6 cm³/mol. The second-order valence-corrected chi connectivity index (χ2v) is 3.79. The summed E-state index contributed by atoms with van der Waals surface area (Å²) >= 11 is 0. The maximum Gasteiger partial charge on any atom is 0.138 e. The van der Waals surface area contributed by atoms with Crippen molar-refractivity contribution in [3.63, 3.8) is 0 Å². The highest BCUT2D eigenvalue weighted by atomic mass is 16.3. The van der Waals surface area contributed by atoms with E-state index in [1.807, 2.05) is 12.1 Å². The number of rotatable bonds is 1. The zero-order valence-electron chi connectivity index (χ0n) is 8.24. The van der Waals surface area contributed by atoms with Gasteiger partial charge in [0.1, 0.15) is 5.75 Å². The Hall–Kier alpha value is -1.38. The van der Waals surface area contributed by atoms with Gasteiger partial charge in [-0.15, -0.1) is 0 Å². The van der Waals surface area contributed by atoms with Crippen molar-refractivity contribution in [2.75, 3.05) is 23.7 Å². The lowest BCUT2D eigenvalue weighted by Crippen LogP contribution is -2.29. The van der Waals surface area contributed by atoms with Gasteiger partial charge in [-0.25, -0.2) is 0 Å². The van der Waals surface area contributed by atoms with E-state index in [0.29, 0.717) is 5.69 Å². The van der Waals surface area contributed by atoms with E-state index in [1.165, 1.54) is 19.3 Å². The van der Waals surface area contributed by atoms with Crippen molar-refractivity contribution in [1.82, 2.24) is 0 Å². The maximum atomic E-state index is 9.30. The summed E-state index contributed by atoms with van der Waals surface area (Å²) < 4.78 is 0. The number of aromatic hydroxyl groups is 1. The molecule has 0 spiro atoms. The van der Waals surface area contributed by atoms with Crippen LogP contribution in [-0.4, -0.2) is 18.2 Å². The molecule has 1 aromatic carbocycles. The standard InChI is InChI=1S/C11H16N2O/c12-10-8-9(4-5-11(10)14)13-6-2-1-3-7-13/h4-5,8,14H,1-3,6-7,12H2. The third-order valence-corrected chi connectivity index (χ3v) is 2.73. The van der Waals surface area contributed by atoms with Crippen molar-refractivity contribution in [1.29, 1.82) is 0 Å². The number of hydrogen-bond donors (Lipinski definition) is 2. The first-order valence-corrected chi connectivity index (χ1v) is 5.11. The summed E-state index contributed by atoms with van der Waals surface area (Å²) in [6.45, 7) is 2.20. The SMILES string of the molecule is Nc1cc(N2CCCCC2)ccc1O. The largest absolute Gasteiger partial charge is 0.506 e. The predicted octanol–water partition coefficient (Wildman–Crippen LogP) is 1.96. The molecule has 1 aromatic rings. The zero-order chi connectivity index (χ0) is 9.97. The monoisotopic (exact) mass is 192 g/mol. The number of nitrogen functional groups attached to an aromatic ring is 1. The number of nitrogens with zero attached hydrogens (tertiary/aromatic N) is 1. The second kappa shape index (κ2) is 3.78. The van der Waals surface area contributed by atoms with Crippen LogP contribution < -0.4 is 10.6 Å². The molecule has 0 saturated carbocycles. The summed E-state index contributed by atoms with van der Waals surface area (Å²) in [6.07, 6.45) is 3.83. The quantitative estimate of drug-likeness (QED) is 0.528. The van der Waals surface area contributed by atoms with Gasteiger partial charge in [0, 0.05) is 18.8 Å². The van der Waals surface area contributed by atoms with E-state index in [2.05, 4.69) is 4.90 Å². The fourth-order valence-electron chi connectivity index (χ4n) is 1.89. The molecular weight excluding hydrogens is 176 g/mol. The normalized spacial score (nSPS) is 17.0. The number of anilines is 2. The Balaban J connectivity index is 2.18. The fraction of sp³-hybridized carbons (Fsp3) is 0.455. The summed E-state index contributed by atoms with van der Waals surface area (Å²) in [7, 11) is 0. The molecule has 0 aliphatic carbocycles. The number of phenols is 1. The molecule has 0 amide bonds. The van der Waals surface area contributed by atoms with Gasteiger partial charge in [0.05, 0.1) is 5.69 Å². The summed E-state index contributed by atoms with van der Waals surface area (Å²) in [6, 6.07) is 5.44. The molecule has 0 radical (unpaired) electrons. The molecule has 0 atom stereocenters. The van der Waals surface area contributed by atoms with Crippen molar-refractivity contribution in [3.05, 3.63) is 18.2 Å². The number of piperidine rings is 1. The van der Waals surface area contributed by atoms with Crippen molar-refractivity contribution in [2.45, 2.75) is 19.3 Å². The number of hydrogen-bond acceptors (Lipinski definition) is 3. The molecule has 1 aliphatic heterocycles. The molecular formula is C11H16N2O. The minimum absolute atomic E-state index is 0.172. The van der Waals surface area contributed by atoms with E-state index in [1.54, 1.807) is 6.07 Å². The molecule has 3 N–H and O–H groups in total. The van der Waals surface area contributed by atoms with Crippen molar-refractivity contribution >= 4 is 11.4 Å². The van der Waals surface area contributed by atoms with Gasteiger partial charge in [0.2, 0.25) is 0 Å². The highest BCUT2D eigenvalue weighted by Gasteiger charge is 2.11. The van der Waals surface area contributed by atoms with Crippen molar-refractivity contribution in [2.24, 2.45) is 0 Å². The van der Waals surface area contributed by atoms with Gasteiger partial charge in [0.25, 0.3) is 0 Å². The Morgan fingerprint density at radius 1 is 1.14 bits per heavy atom. The first-order valence-electron chi connectivity index (χ1n) is 5.11. The van der Waals surface area contributed by atoms with Gasteiger partial charge in [-0.3, -0.25) is 0 Å². The van der Waals surface area contributed by atoms with E-state index >= 15 is 0 Å². The molecule has 1 saturated heterocycles. The lowest BCUT2D eigenvalue weighted by atomic mass is 10.1. The van der Waals surface area contributed by atoms with E-state index in [4.69, 9.17) is 5.73 Å². The molecule has 0 aromatic heterocycles. The van der Waals surface area contributed by atoms with Crippen LogP contribution in [-0.2, 0) is 0 Å². The van der Waals surface area contributed by atoms with Gasteiger partial charge < -0.3 is 15.7 Å². The van der Waals surface area contributed by atoms with Crippen LogP contribution in [0.4, 0.5) is 11.4 Å². The topological polar surface area (TPSA) is 49.5 Å². The van der Waals surface area contributed by atoms with Crippen molar-refractivity contribution < 1.29 is 5.11 Å². The Kier molecular flexibility index (Phi) is 2.48. The van der Waals surface area contributed by atoms with E-state index in [-0.39, 0.29) is 5.75 Å². The third kappa shape index (κ3) is 1.76. The van der Waals surface area contributed by atoms with Crippen LogP contribution in [0.15, 0.2) is 18.2 Å². The Morgan fingerprint density at radius 3 is 2.50 bits per heavy atom. The Labute approximate surface area is 84.1 Å². The number of nitrogens with two attached hydrogens (primary N) is 1. The number of phenolic OH excluding ortho intramolecular Hbond substituents is 1. The van der Waals surface area contributed by atoms with Gasteiger partial charge in [-0.1, -0.05) is 0 Å².